The van der Waals surface area contributed by atoms with Crippen LogP contribution in [0.1, 0.15) is 31.1 Å². The van der Waals surface area contributed by atoms with Crippen LogP contribution in [0.3, 0.4) is 0 Å². The predicted molar refractivity (Wildman–Crippen MR) is 71.3 cm³/mol. The Morgan fingerprint density at radius 1 is 1.05 bits per heavy atom. The van der Waals surface area contributed by atoms with Gasteiger partial charge in [0.2, 0.25) is 0 Å². The van der Waals surface area contributed by atoms with Crippen LogP contribution in [0.15, 0.2) is 18.2 Å². The molecule has 1 aromatic rings. The summed E-state index contributed by atoms with van der Waals surface area (Å²) in [5, 5.41) is 9.05. The summed E-state index contributed by atoms with van der Waals surface area (Å²) in [6.45, 7) is 5.17. The van der Waals surface area contributed by atoms with Crippen molar-refractivity contribution in [3.63, 3.8) is 0 Å². The molecule has 0 fully saturated rings. The average Bonchev–Trinajstić information content (AvgIpc) is 2.36. The maximum Gasteiger partial charge on any atom is 0.346 e. The lowest BCUT2D eigenvalue weighted by atomic mass is 10.2. The summed E-state index contributed by atoms with van der Waals surface area (Å²) in [5.41, 5.74) is 0.0233. The Kier molecular flexibility index (Phi) is 5.37. The molecule has 0 saturated carbocycles. The molecule has 0 aliphatic heterocycles. The van der Waals surface area contributed by atoms with E-state index in [1.807, 2.05) is 13.8 Å². The van der Waals surface area contributed by atoms with Crippen molar-refractivity contribution >= 4 is 11.9 Å². The lowest BCUT2D eigenvalue weighted by Crippen LogP contribution is -2.25. The van der Waals surface area contributed by atoms with E-state index in [2.05, 4.69) is 4.74 Å². The van der Waals surface area contributed by atoms with Gasteiger partial charge in [0.15, 0.2) is 6.10 Å². The fourth-order valence-electron chi connectivity index (χ4n) is 1.52. The number of aromatic carboxylic acids is 1. The molecular weight excluding hydrogens is 264 g/mol. The molecule has 110 valence electrons. The maximum absolute atomic E-state index is 11.3. The molecule has 1 rings (SSSR count). The van der Waals surface area contributed by atoms with Crippen molar-refractivity contribution < 1.29 is 28.9 Å². The number of hydrogen-bond donors (Lipinski definition) is 1. The van der Waals surface area contributed by atoms with Crippen LogP contribution in [-0.4, -0.2) is 36.4 Å². The van der Waals surface area contributed by atoms with Crippen molar-refractivity contribution in [1.29, 1.82) is 0 Å². The minimum atomic E-state index is -1.10. The number of rotatable bonds is 6. The highest BCUT2D eigenvalue weighted by Gasteiger charge is 2.17. The van der Waals surface area contributed by atoms with E-state index in [9.17, 15) is 9.59 Å². The molecule has 0 heterocycles. The first-order valence-corrected chi connectivity index (χ1v) is 6.13. The summed E-state index contributed by atoms with van der Waals surface area (Å²) in [5.74, 6) is -1.04. The summed E-state index contributed by atoms with van der Waals surface area (Å²) >= 11 is 0. The molecule has 20 heavy (non-hydrogen) atoms. The standard InChI is InChI=1S/C14H18O6/c1-8(2)19-11-5-10(13(15)16)6-12(7-11)20-9(3)14(17)18-4/h5-9H,1-4H3,(H,15,16). The normalized spacial score (nSPS) is 11.8. The number of hydrogen-bond acceptors (Lipinski definition) is 5. The molecule has 1 N–H and O–H groups in total. The van der Waals surface area contributed by atoms with Crippen molar-refractivity contribution in [2.75, 3.05) is 7.11 Å². The van der Waals surface area contributed by atoms with E-state index < -0.39 is 18.0 Å². The van der Waals surface area contributed by atoms with Crippen molar-refractivity contribution in [3.8, 4) is 11.5 Å². The van der Waals surface area contributed by atoms with Crippen molar-refractivity contribution in [1.82, 2.24) is 0 Å². The minimum absolute atomic E-state index is 0.0233. The van der Waals surface area contributed by atoms with Gasteiger partial charge in [0, 0.05) is 6.07 Å². The van der Waals surface area contributed by atoms with Crippen LogP contribution in [0, 0.1) is 0 Å². The Hall–Kier alpha value is -2.24. The van der Waals surface area contributed by atoms with Gasteiger partial charge in [-0.25, -0.2) is 9.59 Å². The number of benzene rings is 1. The monoisotopic (exact) mass is 282 g/mol. The molecule has 0 aliphatic carbocycles. The zero-order chi connectivity index (χ0) is 15.3. The van der Waals surface area contributed by atoms with Gasteiger partial charge in [-0.1, -0.05) is 0 Å². The molecule has 0 aromatic heterocycles. The Labute approximate surface area is 117 Å². The first kappa shape index (κ1) is 15.8. The largest absolute Gasteiger partial charge is 0.491 e. The minimum Gasteiger partial charge on any atom is -0.491 e. The van der Waals surface area contributed by atoms with Gasteiger partial charge in [-0.3, -0.25) is 0 Å². The van der Waals surface area contributed by atoms with Crippen LogP contribution in [0.4, 0.5) is 0 Å². The SMILES string of the molecule is COC(=O)C(C)Oc1cc(OC(C)C)cc(C(=O)O)c1. The lowest BCUT2D eigenvalue weighted by Gasteiger charge is -2.15. The van der Waals surface area contributed by atoms with Crippen LogP contribution in [-0.2, 0) is 9.53 Å². The smallest absolute Gasteiger partial charge is 0.346 e. The summed E-state index contributed by atoms with van der Waals surface area (Å²) in [4.78, 5) is 22.4. The molecule has 6 heteroatoms. The van der Waals surface area contributed by atoms with Crippen LogP contribution in [0.25, 0.3) is 0 Å². The number of carboxylic acids is 1. The highest BCUT2D eigenvalue weighted by atomic mass is 16.6. The Bertz CT molecular complexity index is 494. The van der Waals surface area contributed by atoms with E-state index in [0.29, 0.717) is 5.75 Å². The van der Waals surface area contributed by atoms with Crippen molar-refractivity contribution in [3.05, 3.63) is 23.8 Å². The first-order valence-electron chi connectivity index (χ1n) is 6.13. The summed E-state index contributed by atoms with van der Waals surface area (Å²) in [6, 6.07) is 4.26. The molecule has 1 atom stereocenters. The van der Waals surface area contributed by atoms with Gasteiger partial charge < -0.3 is 19.3 Å². The lowest BCUT2D eigenvalue weighted by molar-refractivity contribution is -0.147. The molecule has 6 nitrogen and oxygen atoms in total. The van der Waals surface area contributed by atoms with Crippen LogP contribution >= 0.6 is 0 Å². The maximum atomic E-state index is 11.3. The van der Waals surface area contributed by atoms with Gasteiger partial charge >= 0.3 is 11.9 Å². The van der Waals surface area contributed by atoms with E-state index in [4.69, 9.17) is 14.6 Å². The molecule has 0 bridgehead atoms. The summed E-state index contributed by atoms with van der Waals surface area (Å²) in [6.07, 6.45) is -0.944. The number of esters is 1. The zero-order valence-electron chi connectivity index (χ0n) is 11.9. The van der Waals surface area contributed by atoms with Gasteiger partial charge in [-0.15, -0.1) is 0 Å². The fraction of sp³-hybridized carbons (Fsp3) is 0.429. The van der Waals surface area contributed by atoms with E-state index in [0.717, 1.165) is 0 Å². The topological polar surface area (TPSA) is 82.1 Å². The van der Waals surface area contributed by atoms with Gasteiger partial charge in [-0.05, 0) is 32.9 Å². The van der Waals surface area contributed by atoms with E-state index in [-0.39, 0.29) is 17.4 Å². The molecule has 0 aliphatic rings. The molecule has 0 radical (unpaired) electrons. The highest BCUT2D eigenvalue weighted by molar-refractivity contribution is 5.88. The average molecular weight is 282 g/mol. The Balaban J connectivity index is 3.02. The highest BCUT2D eigenvalue weighted by Crippen LogP contribution is 2.25. The Morgan fingerprint density at radius 3 is 2.05 bits per heavy atom. The third-order valence-electron chi connectivity index (χ3n) is 2.34. The molecular formula is C14H18O6. The fourth-order valence-corrected chi connectivity index (χ4v) is 1.52. The van der Waals surface area contributed by atoms with Crippen molar-refractivity contribution in [2.45, 2.75) is 33.0 Å². The van der Waals surface area contributed by atoms with Gasteiger partial charge in [-0.2, -0.15) is 0 Å². The van der Waals surface area contributed by atoms with Gasteiger partial charge in [0.05, 0.1) is 18.8 Å². The number of carbonyl (C=O) groups is 2. The third kappa shape index (κ3) is 4.46. The molecule has 0 saturated heterocycles. The van der Waals surface area contributed by atoms with Crippen LogP contribution < -0.4 is 9.47 Å². The number of ether oxygens (including phenoxy) is 3. The number of methoxy groups -OCH3 is 1. The van der Waals surface area contributed by atoms with Gasteiger partial charge in [0.25, 0.3) is 0 Å². The summed E-state index contributed by atoms with van der Waals surface area (Å²) < 4.78 is 15.4. The number of carbonyl (C=O) groups excluding carboxylic acids is 1. The predicted octanol–water partition coefficient (Wildman–Crippen LogP) is 2.11. The second-order valence-corrected chi connectivity index (χ2v) is 4.45. The Morgan fingerprint density at radius 2 is 1.60 bits per heavy atom. The molecule has 1 unspecified atom stereocenters. The van der Waals surface area contributed by atoms with Crippen molar-refractivity contribution in [2.24, 2.45) is 0 Å². The van der Waals surface area contributed by atoms with E-state index in [1.165, 1.54) is 32.2 Å². The zero-order valence-corrected chi connectivity index (χ0v) is 11.9. The molecule has 0 amide bonds. The summed E-state index contributed by atoms with van der Waals surface area (Å²) in [7, 11) is 1.25. The van der Waals surface area contributed by atoms with Gasteiger partial charge in [0.1, 0.15) is 11.5 Å². The second kappa shape index (κ2) is 6.79. The van der Waals surface area contributed by atoms with E-state index in [1.54, 1.807) is 0 Å². The second-order valence-electron chi connectivity index (χ2n) is 4.45. The van der Waals surface area contributed by atoms with Crippen LogP contribution in [0.2, 0.25) is 0 Å². The van der Waals surface area contributed by atoms with E-state index >= 15 is 0 Å². The van der Waals surface area contributed by atoms with Crippen LogP contribution in [0.5, 0.6) is 11.5 Å². The first-order chi connectivity index (χ1) is 9.33. The third-order valence-corrected chi connectivity index (χ3v) is 2.34. The quantitative estimate of drug-likeness (QED) is 0.805. The number of carboxylic acid groups (broad SMARTS) is 1. The molecule has 1 aromatic carbocycles. The molecule has 0 spiro atoms.